The smallest absolute Gasteiger partial charge is 0.328 e. The molecule has 3 amide bonds. The number of nitrogens with zero attached hydrogens (tertiary/aromatic N) is 1. The summed E-state index contributed by atoms with van der Waals surface area (Å²) < 4.78 is 197. The van der Waals surface area contributed by atoms with Gasteiger partial charge in [0.05, 0.1) is 21.8 Å². The topological polar surface area (TPSA) is 95.6 Å². The van der Waals surface area contributed by atoms with Crippen molar-refractivity contribution in [2.45, 2.75) is 34.6 Å². The zero-order chi connectivity index (χ0) is 35.1. The minimum absolute atomic E-state index is 0.110. The Kier molecular flexibility index (Phi) is 10.8. The number of carbonyl (C=O) groups excluding carboxylic acids is 3. The van der Waals surface area contributed by atoms with Crippen LogP contribution in [0, 0.1) is 9.39 Å². The molecule has 0 radical (unpaired) electrons. The standard InChI is InChI=1S/C22H12F14IN3O4S/c1-40(7-18(24,25)26)17(43)16(42)38-11-4-2-3-9(13(11)23)15(41)39-14-10(37)5-8(6-12(14)45(44)22(34,35)36)19(27,20(28,29)30)21(31,32)33/h2-6H,7H2,1H3,(H,38,42)(H,39,41). The first-order chi connectivity index (χ1) is 20.1. The minimum Gasteiger partial charge on any atom is -0.328 e. The SMILES string of the molecule is CN(CC(F)(F)F)C(=O)C(=O)Nc1cccc(C(=O)Nc2c(I)cc(C(F)(C(F)(F)F)C(F)(F)F)cc2S(=O)C(F)(F)F)c1F. The third-order valence-corrected chi connectivity index (χ3v) is 7.32. The molecule has 2 aromatic carbocycles. The maximum Gasteiger partial charge on any atom is 0.475 e. The van der Waals surface area contributed by atoms with Gasteiger partial charge in [0.25, 0.3) is 5.91 Å². The van der Waals surface area contributed by atoms with Gasteiger partial charge in [-0.2, -0.15) is 52.7 Å². The van der Waals surface area contributed by atoms with Gasteiger partial charge in [-0.05, 0) is 46.9 Å². The predicted octanol–water partition coefficient (Wildman–Crippen LogP) is 6.56. The van der Waals surface area contributed by atoms with Crippen LogP contribution in [-0.4, -0.2) is 64.5 Å². The van der Waals surface area contributed by atoms with Crippen molar-refractivity contribution < 1.29 is 80.1 Å². The lowest BCUT2D eigenvalue weighted by Gasteiger charge is -2.31. The second-order valence-corrected chi connectivity index (χ2v) is 11.2. The van der Waals surface area contributed by atoms with Crippen LogP contribution < -0.4 is 10.6 Å². The first-order valence-corrected chi connectivity index (χ1v) is 13.2. The number of alkyl halides is 13. The Labute approximate surface area is 256 Å². The highest BCUT2D eigenvalue weighted by molar-refractivity contribution is 14.1. The lowest BCUT2D eigenvalue weighted by molar-refractivity contribution is -0.348. The molecular weight excluding hydrogens is 795 g/mol. The third kappa shape index (κ3) is 8.32. The number of rotatable bonds is 6. The second-order valence-electron chi connectivity index (χ2n) is 8.55. The van der Waals surface area contributed by atoms with Gasteiger partial charge in [0.1, 0.15) is 6.54 Å². The van der Waals surface area contributed by atoms with Crippen molar-refractivity contribution in [3.05, 3.63) is 50.8 Å². The Morgan fingerprint density at radius 3 is 1.87 bits per heavy atom. The van der Waals surface area contributed by atoms with Crippen molar-refractivity contribution in [2.75, 3.05) is 24.2 Å². The number of nitrogens with one attached hydrogen (secondary N) is 2. The fraction of sp³-hybridized carbons (Fsp3) is 0.318. The summed E-state index contributed by atoms with van der Waals surface area (Å²) in [6.07, 6.45) is -18.5. The van der Waals surface area contributed by atoms with E-state index in [1.807, 2.05) is 0 Å². The number of carbonyl (C=O) groups is 3. The van der Waals surface area contributed by atoms with Gasteiger partial charge in [-0.3, -0.25) is 14.4 Å². The first-order valence-electron chi connectivity index (χ1n) is 11.0. The van der Waals surface area contributed by atoms with Crippen LogP contribution in [0.25, 0.3) is 0 Å². The second kappa shape index (κ2) is 12.9. The van der Waals surface area contributed by atoms with Crippen LogP contribution in [0.15, 0.2) is 35.2 Å². The van der Waals surface area contributed by atoms with Gasteiger partial charge < -0.3 is 15.5 Å². The summed E-state index contributed by atoms with van der Waals surface area (Å²) in [5.74, 6) is -7.29. The number of halogens is 15. The summed E-state index contributed by atoms with van der Waals surface area (Å²) in [6, 6.07) is 1.05. The van der Waals surface area contributed by atoms with E-state index in [-0.39, 0.29) is 11.0 Å². The van der Waals surface area contributed by atoms with Gasteiger partial charge in [0, 0.05) is 16.2 Å². The third-order valence-electron chi connectivity index (χ3n) is 5.33. The largest absolute Gasteiger partial charge is 0.475 e. The Morgan fingerprint density at radius 1 is 0.867 bits per heavy atom. The molecule has 0 saturated carbocycles. The Morgan fingerprint density at radius 2 is 1.40 bits per heavy atom. The van der Waals surface area contributed by atoms with Crippen LogP contribution in [0.5, 0.6) is 0 Å². The van der Waals surface area contributed by atoms with Crippen LogP contribution in [0.2, 0.25) is 0 Å². The zero-order valence-electron chi connectivity index (χ0n) is 21.3. The molecule has 45 heavy (non-hydrogen) atoms. The summed E-state index contributed by atoms with van der Waals surface area (Å²) in [4.78, 5) is 34.5. The van der Waals surface area contributed by atoms with Crippen LogP contribution in [0.3, 0.4) is 0 Å². The van der Waals surface area contributed by atoms with Gasteiger partial charge in [0.15, 0.2) is 16.6 Å². The highest BCUT2D eigenvalue weighted by Crippen LogP contribution is 2.54. The van der Waals surface area contributed by atoms with Gasteiger partial charge in [-0.15, -0.1) is 0 Å². The quantitative estimate of drug-likeness (QED) is 0.197. The van der Waals surface area contributed by atoms with E-state index in [1.54, 1.807) is 5.32 Å². The molecule has 1 unspecified atom stereocenters. The molecule has 2 rings (SSSR count). The van der Waals surface area contributed by atoms with Crippen LogP contribution in [0.1, 0.15) is 15.9 Å². The summed E-state index contributed by atoms with van der Waals surface area (Å²) in [7, 11) is -3.97. The molecule has 0 fully saturated rings. The average molecular weight is 807 g/mol. The molecule has 0 saturated heterocycles. The van der Waals surface area contributed by atoms with Crippen LogP contribution >= 0.6 is 22.6 Å². The number of amides is 3. The van der Waals surface area contributed by atoms with Crippen molar-refractivity contribution in [1.82, 2.24) is 4.90 Å². The number of anilines is 2. The molecule has 0 bridgehead atoms. The van der Waals surface area contributed by atoms with E-state index in [2.05, 4.69) is 0 Å². The molecule has 0 spiro atoms. The monoisotopic (exact) mass is 807 g/mol. The summed E-state index contributed by atoms with van der Waals surface area (Å²) in [5.41, 5.74) is -18.3. The lowest BCUT2D eigenvalue weighted by Crippen LogP contribution is -2.50. The average Bonchev–Trinajstić information content (AvgIpc) is 2.86. The van der Waals surface area contributed by atoms with Crippen LogP contribution in [-0.2, 0) is 26.1 Å². The Balaban J connectivity index is 2.60. The molecule has 7 nitrogen and oxygen atoms in total. The molecule has 2 N–H and O–H groups in total. The molecule has 0 aliphatic heterocycles. The van der Waals surface area contributed by atoms with E-state index in [0.29, 0.717) is 19.2 Å². The van der Waals surface area contributed by atoms with Crippen molar-refractivity contribution in [1.29, 1.82) is 0 Å². The van der Waals surface area contributed by atoms with E-state index in [0.717, 1.165) is 28.7 Å². The van der Waals surface area contributed by atoms with E-state index in [9.17, 15) is 75.7 Å². The molecule has 0 heterocycles. The predicted molar refractivity (Wildman–Crippen MR) is 133 cm³/mol. The van der Waals surface area contributed by atoms with Crippen molar-refractivity contribution in [3.8, 4) is 0 Å². The molecule has 0 aliphatic rings. The highest BCUT2D eigenvalue weighted by atomic mass is 127. The van der Waals surface area contributed by atoms with E-state index in [1.165, 1.54) is 5.32 Å². The van der Waals surface area contributed by atoms with E-state index < -0.39 is 108 Å². The fourth-order valence-electron chi connectivity index (χ4n) is 3.34. The maximum absolute atomic E-state index is 15.0. The number of likely N-dealkylation sites (N-methyl/N-ethyl adjacent to an activating group) is 1. The van der Waals surface area contributed by atoms with Gasteiger partial charge in [-0.1, -0.05) is 6.07 Å². The summed E-state index contributed by atoms with van der Waals surface area (Å²) in [5, 5.41) is 3.06. The molecule has 250 valence electrons. The minimum atomic E-state index is -6.80. The van der Waals surface area contributed by atoms with Gasteiger partial charge >= 0.3 is 41.5 Å². The molecule has 2 aromatic rings. The van der Waals surface area contributed by atoms with E-state index in [4.69, 9.17) is 0 Å². The van der Waals surface area contributed by atoms with Crippen molar-refractivity contribution in [2.24, 2.45) is 0 Å². The van der Waals surface area contributed by atoms with E-state index >= 15 is 4.39 Å². The lowest BCUT2D eigenvalue weighted by atomic mass is 9.94. The number of hydrogen-bond donors (Lipinski definition) is 2. The highest BCUT2D eigenvalue weighted by Gasteiger charge is 2.73. The van der Waals surface area contributed by atoms with Crippen LogP contribution in [0.4, 0.5) is 72.8 Å². The zero-order valence-corrected chi connectivity index (χ0v) is 24.2. The van der Waals surface area contributed by atoms with Crippen molar-refractivity contribution in [3.63, 3.8) is 0 Å². The number of hydrogen-bond acceptors (Lipinski definition) is 4. The Bertz CT molecular complexity index is 1510. The molecule has 1 atom stereocenters. The maximum atomic E-state index is 15.0. The van der Waals surface area contributed by atoms with Gasteiger partial charge in [0.2, 0.25) is 0 Å². The molecule has 0 aromatic heterocycles. The fourth-order valence-corrected chi connectivity index (χ4v) is 5.11. The van der Waals surface area contributed by atoms with Crippen molar-refractivity contribution >= 4 is 62.5 Å². The Hall–Kier alpha value is -3.25. The molecular formula is C22H12F14IN3O4S. The molecule has 0 aliphatic carbocycles. The molecule has 23 heteroatoms. The summed E-state index contributed by atoms with van der Waals surface area (Å²) in [6.45, 7) is -1.90. The first kappa shape index (κ1) is 37.9. The summed E-state index contributed by atoms with van der Waals surface area (Å²) >= 11 is 0.785. The normalized spacial score (nSPS) is 13.7. The van der Waals surface area contributed by atoms with Gasteiger partial charge in [-0.25, -0.2) is 13.0 Å². The number of benzene rings is 2.